The molecule has 3 nitrogen and oxygen atoms in total. The second-order valence-corrected chi connectivity index (χ2v) is 4.30. The van der Waals surface area contributed by atoms with Crippen LogP contribution in [0.3, 0.4) is 0 Å². The van der Waals surface area contributed by atoms with Crippen molar-refractivity contribution in [3.63, 3.8) is 0 Å². The first-order valence-corrected chi connectivity index (χ1v) is 5.81. The molecule has 0 aliphatic carbocycles. The van der Waals surface area contributed by atoms with Crippen molar-refractivity contribution in [2.24, 2.45) is 0 Å². The van der Waals surface area contributed by atoms with Gasteiger partial charge in [0.1, 0.15) is 5.75 Å². The number of ether oxygens (including phenoxy) is 1. The van der Waals surface area contributed by atoms with E-state index in [2.05, 4.69) is 17.0 Å². The minimum absolute atomic E-state index is 0.268. The minimum atomic E-state index is 0.268. The summed E-state index contributed by atoms with van der Waals surface area (Å²) in [5, 5.41) is 9.25. The molecule has 1 N–H and O–H groups in total. The average molecular weight is 221 g/mol. The van der Waals surface area contributed by atoms with Gasteiger partial charge in [-0.2, -0.15) is 0 Å². The molecule has 88 valence electrons. The van der Waals surface area contributed by atoms with Gasteiger partial charge in [0, 0.05) is 12.6 Å². The fourth-order valence-electron chi connectivity index (χ4n) is 2.32. The summed E-state index contributed by atoms with van der Waals surface area (Å²) in [6.07, 6.45) is 2.30. The first-order chi connectivity index (χ1) is 7.83. The third kappa shape index (κ3) is 2.54. The Bertz CT molecular complexity index is 340. The van der Waals surface area contributed by atoms with Crippen molar-refractivity contribution in [3.8, 4) is 5.75 Å². The molecular weight excluding hydrogens is 202 g/mol. The van der Waals surface area contributed by atoms with Crippen molar-refractivity contribution in [3.05, 3.63) is 29.8 Å². The summed E-state index contributed by atoms with van der Waals surface area (Å²) in [6, 6.07) is 8.48. The van der Waals surface area contributed by atoms with Gasteiger partial charge in [0.05, 0.1) is 13.7 Å². The summed E-state index contributed by atoms with van der Waals surface area (Å²) in [6.45, 7) is 2.26. The zero-order valence-corrected chi connectivity index (χ0v) is 9.72. The molecule has 16 heavy (non-hydrogen) atoms. The number of methoxy groups -OCH3 is 1. The normalized spacial score (nSPS) is 21.2. The van der Waals surface area contributed by atoms with E-state index in [1.807, 2.05) is 12.1 Å². The van der Waals surface area contributed by atoms with E-state index in [1.54, 1.807) is 7.11 Å². The lowest BCUT2D eigenvalue weighted by molar-refractivity contribution is 0.153. The van der Waals surface area contributed by atoms with Gasteiger partial charge in [-0.3, -0.25) is 4.90 Å². The second kappa shape index (κ2) is 5.32. The predicted octanol–water partition coefficient (Wildman–Crippen LogP) is 1.65. The maximum atomic E-state index is 9.25. The van der Waals surface area contributed by atoms with Gasteiger partial charge in [-0.1, -0.05) is 12.1 Å². The van der Waals surface area contributed by atoms with Crippen LogP contribution in [0.15, 0.2) is 24.3 Å². The van der Waals surface area contributed by atoms with E-state index in [-0.39, 0.29) is 6.61 Å². The molecule has 3 heteroatoms. The molecule has 0 aromatic heterocycles. The van der Waals surface area contributed by atoms with Crippen LogP contribution < -0.4 is 4.74 Å². The first kappa shape index (κ1) is 11.4. The molecule has 2 rings (SSSR count). The van der Waals surface area contributed by atoms with Crippen LogP contribution in [0.25, 0.3) is 0 Å². The number of hydrogen-bond donors (Lipinski definition) is 1. The zero-order chi connectivity index (χ0) is 11.4. The Kier molecular flexibility index (Phi) is 3.80. The van der Waals surface area contributed by atoms with Crippen LogP contribution >= 0.6 is 0 Å². The molecule has 1 saturated heterocycles. The molecule has 1 fully saturated rings. The molecule has 1 aliphatic heterocycles. The van der Waals surface area contributed by atoms with Crippen LogP contribution in [0.1, 0.15) is 18.4 Å². The van der Waals surface area contributed by atoms with Crippen molar-refractivity contribution >= 4 is 0 Å². The van der Waals surface area contributed by atoms with Gasteiger partial charge in [0.2, 0.25) is 0 Å². The maximum absolute atomic E-state index is 9.25. The highest BCUT2D eigenvalue weighted by atomic mass is 16.5. The second-order valence-electron chi connectivity index (χ2n) is 4.30. The standard InChI is InChI=1S/C13H19NO2/c1-16-13-6-2-4-11(8-13)9-14-7-3-5-12(14)10-15/h2,4,6,8,12,15H,3,5,7,9-10H2,1H3/t12-/m0/s1. The largest absolute Gasteiger partial charge is 0.497 e. The van der Waals surface area contributed by atoms with Gasteiger partial charge in [-0.25, -0.2) is 0 Å². The lowest BCUT2D eigenvalue weighted by Gasteiger charge is -2.22. The van der Waals surface area contributed by atoms with Crippen LogP contribution in [0.4, 0.5) is 0 Å². The summed E-state index contributed by atoms with van der Waals surface area (Å²) in [5.41, 5.74) is 1.25. The van der Waals surface area contributed by atoms with Crippen LogP contribution in [0.5, 0.6) is 5.75 Å². The minimum Gasteiger partial charge on any atom is -0.497 e. The van der Waals surface area contributed by atoms with Gasteiger partial charge in [-0.05, 0) is 37.1 Å². The monoisotopic (exact) mass is 221 g/mol. The molecule has 1 aliphatic rings. The highest BCUT2D eigenvalue weighted by molar-refractivity contribution is 5.28. The van der Waals surface area contributed by atoms with E-state index in [4.69, 9.17) is 4.74 Å². The first-order valence-electron chi connectivity index (χ1n) is 5.81. The van der Waals surface area contributed by atoms with Crippen molar-refractivity contribution in [2.45, 2.75) is 25.4 Å². The highest BCUT2D eigenvalue weighted by Crippen LogP contribution is 2.21. The molecule has 0 radical (unpaired) electrons. The number of likely N-dealkylation sites (tertiary alicyclic amines) is 1. The Morgan fingerprint density at radius 3 is 3.12 bits per heavy atom. The lowest BCUT2D eigenvalue weighted by atomic mass is 10.2. The van der Waals surface area contributed by atoms with Gasteiger partial charge in [-0.15, -0.1) is 0 Å². The van der Waals surface area contributed by atoms with E-state index in [9.17, 15) is 5.11 Å². The van der Waals surface area contributed by atoms with Gasteiger partial charge in [0.25, 0.3) is 0 Å². The fourth-order valence-corrected chi connectivity index (χ4v) is 2.32. The zero-order valence-electron chi connectivity index (χ0n) is 9.72. The van der Waals surface area contributed by atoms with Crippen molar-refractivity contribution in [1.29, 1.82) is 0 Å². The van der Waals surface area contributed by atoms with Crippen molar-refractivity contribution < 1.29 is 9.84 Å². The molecule has 0 unspecified atom stereocenters. The third-order valence-electron chi connectivity index (χ3n) is 3.23. The van der Waals surface area contributed by atoms with Crippen molar-refractivity contribution in [2.75, 3.05) is 20.3 Å². The molecule has 0 bridgehead atoms. The Morgan fingerprint density at radius 2 is 2.38 bits per heavy atom. The van der Waals surface area contributed by atoms with Crippen LogP contribution in [0, 0.1) is 0 Å². The number of benzene rings is 1. The third-order valence-corrected chi connectivity index (χ3v) is 3.23. The SMILES string of the molecule is COc1cccc(CN2CCC[C@H]2CO)c1. The number of hydrogen-bond acceptors (Lipinski definition) is 3. The Hall–Kier alpha value is -1.06. The number of aliphatic hydroxyl groups is 1. The van der Waals surface area contributed by atoms with E-state index in [1.165, 1.54) is 12.0 Å². The van der Waals surface area contributed by atoms with Crippen LogP contribution in [0.2, 0.25) is 0 Å². The van der Waals surface area contributed by atoms with E-state index in [0.717, 1.165) is 25.3 Å². The number of aliphatic hydroxyl groups excluding tert-OH is 1. The molecule has 0 saturated carbocycles. The lowest BCUT2D eigenvalue weighted by Crippen LogP contribution is -2.31. The van der Waals surface area contributed by atoms with Gasteiger partial charge < -0.3 is 9.84 Å². The average Bonchev–Trinajstić information content (AvgIpc) is 2.76. The van der Waals surface area contributed by atoms with Gasteiger partial charge in [0.15, 0.2) is 0 Å². The Labute approximate surface area is 96.6 Å². The smallest absolute Gasteiger partial charge is 0.119 e. The topological polar surface area (TPSA) is 32.7 Å². The summed E-state index contributed by atoms with van der Waals surface area (Å²) >= 11 is 0. The van der Waals surface area contributed by atoms with E-state index in [0.29, 0.717) is 6.04 Å². The maximum Gasteiger partial charge on any atom is 0.119 e. The van der Waals surface area contributed by atoms with E-state index >= 15 is 0 Å². The summed E-state index contributed by atoms with van der Waals surface area (Å²) < 4.78 is 5.20. The molecule has 1 atom stereocenters. The number of rotatable bonds is 4. The van der Waals surface area contributed by atoms with E-state index < -0.39 is 0 Å². The number of nitrogens with zero attached hydrogens (tertiary/aromatic N) is 1. The Morgan fingerprint density at radius 1 is 1.50 bits per heavy atom. The fraction of sp³-hybridized carbons (Fsp3) is 0.538. The highest BCUT2D eigenvalue weighted by Gasteiger charge is 2.23. The summed E-state index contributed by atoms with van der Waals surface area (Å²) in [7, 11) is 1.69. The molecule has 1 aromatic rings. The van der Waals surface area contributed by atoms with Crippen molar-refractivity contribution in [1.82, 2.24) is 4.90 Å². The molecular formula is C13H19NO2. The molecule has 1 aromatic carbocycles. The predicted molar refractivity (Wildman–Crippen MR) is 63.5 cm³/mol. The summed E-state index contributed by atoms with van der Waals surface area (Å²) in [4.78, 5) is 2.34. The Balaban J connectivity index is 2.02. The van der Waals surface area contributed by atoms with Crippen LogP contribution in [-0.2, 0) is 6.54 Å². The summed E-state index contributed by atoms with van der Waals surface area (Å²) in [5.74, 6) is 0.900. The molecule has 0 spiro atoms. The molecule has 1 heterocycles. The quantitative estimate of drug-likeness (QED) is 0.839. The van der Waals surface area contributed by atoms with Gasteiger partial charge >= 0.3 is 0 Å². The molecule has 0 amide bonds. The van der Waals surface area contributed by atoms with Crippen LogP contribution in [-0.4, -0.2) is 36.3 Å².